The number of hydrogen-bond donors (Lipinski definition) is 2. The molecule has 0 aliphatic carbocycles. The summed E-state index contributed by atoms with van der Waals surface area (Å²) in [5.74, 6) is 0.674. The first kappa shape index (κ1) is 14.0. The molecule has 0 spiro atoms. The lowest BCUT2D eigenvalue weighted by molar-refractivity contribution is -0.115. The number of benzene rings is 1. The van der Waals surface area contributed by atoms with Gasteiger partial charge in [0, 0.05) is 18.0 Å². The Hall–Kier alpha value is -2.95. The molecule has 0 unspecified atom stereocenters. The third-order valence-corrected chi connectivity index (χ3v) is 3.26. The van der Waals surface area contributed by atoms with E-state index in [4.69, 9.17) is 0 Å². The molecule has 1 amide bonds. The Morgan fingerprint density at radius 3 is 2.73 bits per heavy atom. The highest BCUT2D eigenvalue weighted by atomic mass is 16.1. The van der Waals surface area contributed by atoms with Gasteiger partial charge in [0.2, 0.25) is 5.91 Å². The van der Waals surface area contributed by atoms with Gasteiger partial charge in [-0.3, -0.25) is 9.78 Å². The van der Waals surface area contributed by atoms with Crippen molar-refractivity contribution < 1.29 is 4.79 Å². The van der Waals surface area contributed by atoms with Crippen LogP contribution in [0.15, 0.2) is 54.9 Å². The fourth-order valence-electron chi connectivity index (χ4n) is 2.13. The van der Waals surface area contributed by atoms with Gasteiger partial charge in [-0.25, -0.2) is 4.98 Å². The molecule has 5 nitrogen and oxygen atoms in total. The van der Waals surface area contributed by atoms with E-state index in [1.807, 2.05) is 49.4 Å². The lowest BCUT2D eigenvalue weighted by atomic mass is 10.2. The lowest BCUT2D eigenvalue weighted by Gasteiger charge is -2.09. The number of nitrogens with zero attached hydrogens (tertiary/aromatic N) is 2. The standard InChI is InChI=1S/C17H16N4O/c1-2-16(22)20-13-8-9-15(19-11-13)21-14-7-3-5-12-6-4-10-18-17(12)14/h3-11H,2H2,1H3,(H,19,21)(H,20,22). The molecule has 0 radical (unpaired) electrons. The summed E-state index contributed by atoms with van der Waals surface area (Å²) >= 11 is 0. The molecular weight excluding hydrogens is 276 g/mol. The number of carbonyl (C=O) groups excluding carboxylic acids is 1. The largest absolute Gasteiger partial charge is 0.338 e. The van der Waals surface area contributed by atoms with Gasteiger partial charge in [0.25, 0.3) is 0 Å². The summed E-state index contributed by atoms with van der Waals surface area (Å²) in [6.07, 6.45) is 3.85. The van der Waals surface area contributed by atoms with E-state index in [1.165, 1.54) is 0 Å². The third-order valence-electron chi connectivity index (χ3n) is 3.26. The molecule has 0 aliphatic rings. The van der Waals surface area contributed by atoms with Crippen LogP contribution >= 0.6 is 0 Å². The van der Waals surface area contributed by atoms with E-state index in [0.29, 0.717) is 17.9 Å². The number of rotatable bonds is 4. The van der Waals surface area contributed by atoms with Crippen LogP contribution < -0.4 is 10.6 Å². The summed E-state index contributed by atoms with van der Waals surface area (Å²) in [4.78, 5) is 20.1. The van der Waals surface area contributed by atoms with E-state index >= 15 is 0 Å². The van der Waals surface area contributed by atoms with Crippen molar-refractivity contribution in [2.45, 2.75) is 13.3 Å². The summed E-state index contributed by atoms with van der Waals surface area (Å²) in [6.45, 7) is 1.81. The monoisotopic (exact) mass is 292 g/mol. The number of para-hydroxylation sites is 1. The van der Waals surface area contributed by atoms with Gasteiger partial charge in [-0.2, -0.15) is 0 Å². The van der Waals surface area contributed by atoms with Crippen LogP contribution in [-0.4, -0.2) is 15.9 Å². The second-order valence-corrected chi connectivity index (χ2v) is 4.84. The number of fused-ring (bicyclic) bond motifs is 1. The number of pyridine rings is 2. The number of hydrogen-bond acceptors (Lipinski definition) is 4. The fraction of sp³-hybridized carbons (Fsp3) is 0.118. The van der Waals surface area contributed by atoms with Crippen molar-refractivity contribution in [2.24, 2.45) is 0 Å². The Balaban J connectivity index is 1.82. The van der Waals surface area contributed by atoms with Gasteiger partial charge in [-0.15, -0.1) is 0 Å². The Bertz CT molecular complexity index is 794. The molecule has 0 aliphatic heterocycles. The number of amides is 1. The van der Waals surface area contributed by atoms with Crippen LogP contribution in [0.25, 0.3) is 10.9 Å². The molecule has 1 aromatic carbocycles. The number of aromatic nitrogens is 2. The summed E-state index contributed by atoms with van der Waals surface area (Å²) in [6, 6.07) is 13.5. The van der Waals surface area contributed by atoms with Crippen molar-refractivity contribution in [3.8, 4) is 0 Å². The number of nitrogens with one attached hydrogen (secondary N) is 2. The molecule has 3 aromatic rings. The molecule has 2 heterocycles. The number of anilines is 3. The van der Waals surface area contributed by atoms with Gasteiger partial charge < -0.3 is 10.6 Å². The van der Waals surface area contributed by atoms with Gasteiger partial charge in [0.05, 0.1) is 23.1 Å². The highest BCUT2D eigenvalue weighted by Gasteiger charge is 2.04. The summed E-state index contributed by atoms with van der Waals surface area (Å²) in [7, 11) is 0. The van der Waals surface area contributed by atoms with E-state index in [9.17, 15) is 4.79 Å². The van der Waals surface area contributed by atoms with Crippen LogP contribution in [0.4, 0.5) is 17.2 Å². The minimum absolute atomic E-state index is 0.0271. The zero-order valence-corrected chi connectivity index (χ0v) is 12.2. The minimum atomic E-state index is -0.0271. The van der Waals surface area contributed by atoms with Gasteiger partial charge in [-0.1, -0.05) is 25.1 Å². The summed E-state index contributed by atoms with van der Waals surface area (Å²) in [5.41, 5.74) is 2.49. The van der Waals surface area contributed by atoms with Crippen LogP contribution in [0.2, 0.25) is 0 Å². The molecule has 0 atom stereocenters. The van der Waals surface area contributed by atoms with E-state index in [2.05, 4.69) is 20.6 Å². The molecule has 5 heteroatoms. The molecule has 3 rings (SSSR count). The first-order chi connectivity index (χ1) is 10.8. The maximum absolute atomic E-state index is 11.3. The molecule has 22 heavy (non-hydrogen) atoms. The van der Waals surface area contributed by atoms with Crippen LogP contribution in [0, 0.1) is 0 Å². The van der Waals surface area contributed by atoms with Crippen LogP contribution in [0.1, 0.15) is 13.3 Å². The van der Waals surface area contributed by atoms with E-state index in [0.717, 1.165) is 16.6 Å². The van der Waals surface area contributed by atoms with Gasteiger partial charge in [-0.05, 0) is 24.3 Å². The Morgan fingerprint density at radius 1 is 1.09 bits per heavy atom. The highest BCUT2D eigenvalue weighted by Crippen LogP contribution is 2.24. The zero-order valence-electron chi connectivity index (χ0n) is 12.2. The topological polar surface area (TPSA) is 66.9 Å². The molecule has 2 N–H and O–H groups in total. The van der Waals surface area contributed by atoms with Crippen molar-refractivity contribution in [1.82, 2.24) is 9.97 Å². The smallest absolute Gasteiger partial charge is 0.224 e. The second-order valence-electron chi connectivity index (χ2n) is 4.84. The van der Waals surface area contributed by atoms with E-state index in [-0.39, 0.29) is 5.91 Å². The van der Waals surface area contributed by atoms with Gasteiger partial charge >= 0.3 is 0 Å². The van der Waals surface area contributed by atoms with Crippen molar-refractivity contribution in [3.63, 3.8) is 0 Å². The molecular formula is C17H16N4O. The highest BCUT2D eigenvalue weighted by molar-refractivity contribution is 5.92. The molecule has 0 saturated carbocycles. The average molecular weight is 292 g/mol. The minimum Gasteiger partial charge on any atom is -0.338 e. The molecule has 0 saturated heterocycles. The molecule has 0 bridgehead atoms. The fourth-order valence-corrected chi connectivity index (χ4v) is 2.13. The Kier molecular flexibility index (Phi) is 3.96. The first-order valence-corrected chi connectivity index (χ1v) is 7.13. The average Bonchev–Trinajstić information content (AvgIpc) is 2.57. The summed E-state index contributed by atoms with van der Waals surface area (Å²) in [5, 5.41) is 7.09. The van der Waals surface area contributed by atoms with Crippen LogP contribution in [-0.2, 0) is 4.79 Å². The van der Waals surface area contributed by atoms with Crippen molar-refractivity contribution >= 4 is 34.0 Å². The molecule has 110 valence electrons. The molecule has 2 aromatic heterocycles. The SMILES string of the molecule is CCC(=O)Nc1ccc(Nc2cccc3cccnc23)nc1. The maximum atomic E-state index is 11.3. The second kappa shape index (κ2) is 6.22. The van der Waals surface area contributed by atoms with E-state index < -0.39 is 0 Å². The lowest BCUT2D eigenvalue weighted by Crippen LogP contribution is -2.09. The normalized spacial score (nSPS) is 10.4. The van der Waals surface area contributed by atoms with Gasteiger partial charge in [0.1, 0.15) is 5.82 Å². The van der Waals surface area contributed by atoms with Crippen LogP contribution in [0.3, 0.4) is 0 Å². The summed E-state index contributed by atoms with van der Waals surface area (Å²) < 4.78 is 0. The zero-order chi connectivity index (χ0) is 15.4. The Labute approximate surface area is 128 Å². The van der Waals surface area contributed by atoms with Crippen molar-refractivity contribution in [1.29, 1.82) is 0 Å². The van der Waals surface area contributed by atoms with Crippen molar-refractivity contribution in [3.05, 3.63) is 54.9 Å². The van der Waals surface area contributed by atoms with Crippen LogP contribution in [0.5, 0.6) is 0 Å². The van der Waals surface area contributed by atoms with Crippen molar-refractivity contribution in [2.75, 3.05) is 10.6 Å². The predicted octanol–water partition coefficient (Wildman–Crippen LogP) is 3.72. The van der Waals surface area contributed by atoms with Gasteiger partial charge in [0.15, 0.2) is 0 Å². The first-order valence-electron chi connectivity index (χ1n) is 7.13. The van der Waals surface area contributed by atoms with E-state index in [1.54, 1.807) is 12.4 Å². The quantitative estimate of drug-likeness (QED) is 0.769. The Morgan fingerprint density at radius 2 is 1.95 bits per heavy atom. The molecule has 0 fully saturated rings. The third kappa shape index (κ3) is 3.03. The predicted molar refractivity (Wildman–Crippen MR) is 88.2 cm³/mol. The maximum Gasteiger partial charge on any atom is 0.224 e. The number of carbonyl (C=O) groups is 1.